The molecule has 0 spiro atoms. The maximum atomic E-state index is 12.2. The highest BCUT2D eigenvalue weighted by Gasteiger charge is 2.15. The van der Waals surface area contributed by atoms with Crippen LogP contribution in [0.3, 0.4) is 0 Å². The highest BCUT2D eigenvalue weighted by atomic mass is 32.2. The van der Waals surface area contributed by atoms with E-state index in [4.69, 9.17) is 5.84 Å². The molecule has 0 unspecified atom stereocenters. The molecule has 0 aliphatic heterocycles. The molecular formula is C16H21N5O2S. The van der Waals surface area contributed by atoms with E-state index < -0.39 is 5.56 Å². The van der Waals surface area contributed by atoms with Crippen LogP contribution in [-0.2, 0) is 4.79 Å². The fourth-order valence-corrected chi connectivity index (χ4v) is 2.89. The van der Waals surface area contributed by atoms with Gasteiger partial charge < -0.3 is 11.2 Å². The van der Waals surface area contributed by atoms with Gasteiger partial charge in [0.05, 0.1) is 11.8 Å². The number of nitrogens with one attached hydrogen (secondary N) is 1. The van der Waals surface area contributed by atoms with Crippen LogP contribution in [0.2, 0.25) is 0 Å². The molecule has 0 aliphatic rings. The first-order valence-corrected chi connectivity index (χ1v) is 8.70. The van der Waals surface area contributed by atoms with Crippen molar-refractivity contribution >= 4 is 17.7 Å². The summed E-state index contributed by atoms with van der Waals surface area (Å²) in [5, 5.41) is 10.8. The molecule has 0 bridgehead atoms. The lowest BCUT2D eigenvalue weighted by atomic mass is 10.0. The molecule has 8 heteroatoms. The SMILES string of the molecule is CCC[C@@H](NC(=O)CSc1nnc(C)c(=O)n1N)c1ccccc1. The Labute approximate surface area is 144 Å². The summed E-state index contributed by atoms with van der Waals surface area (Å²) >= 11 is 1.09. The first-order valence-electron chi connectivity index (χ1n) is 7.71. The van der Waals surface area contributed by atoms with Crippen molar-refractivity contribution in [2.45, 2.75) is 37.9 Å². The van der Waals surface area contributed by atoms with E-state index in [2.05, 4.69) is 22.4 Å². The lowest BCUT2D eigenvalue weighted by Gasteiger charge is -2.18. The van der Waals surface area contributed by atoms with Crippen LogP contribution in [0.1, 0.15) is 37.1 Å². The van der Waals surface area contributed by atoms with Gasteiger partial charge in [-0.15, -0.1) is 10.2 Å². The number of rotatable bonds is 7. The van der Waals surface area contributed by atoms with Crippen molar-refractivity contribution in [2.24, 2.45) is 0 Å². The number of hydrogen-bond acceptors (Lipinski definition) is 6. The summed E-state index contributed by atoms with van der Waals surface area (Å²) in [6.45, 7) is 3.61. The highest BCUT2D eigenvalue weighted by Crippen LogP contribution is 2.19. The molecule has 0 saturated carbocycles. The van der Waals surface area contributed by atoms with Crippen molar-refractivity contribution in [3.05, 3.63) is 51.9 Å². The summed E-state index contributed by atoms with van der Waals surface area (Å²) < 4.78 is 0.918. The van der Waals surface area contributed by atoms with Gasteiger partial charge in [-0.3, -0.25) is 9.59 Å². The number of amides is 1. The van der Waals surface area contributed by atoms with Gasteiger partial charge in [-0.25, -0.2) is 0 Å². The predicted octanol–water partition coefficient (Wildman–Crippen LogP) is 1.41. The van der Waals surface area contributed by atoms with E-state index >= 15 is 0 Å². The van der Waals surface area contributed by atoms with Gasteiger partial charge in [0.1, 0.15) is 5.69 Å². The standard InChI is InChI=1S/C16H21N5O2S/c1-3-7-13(12-8-5-4-6-9-12)18-14(22)10-24-16-20-19-11(2)15(23)21(16)17/h4-6,8-9,13H,3,7,10,17H2,1-2H3,(H,18,22)/t13-/m1/s1. The Morgan fingerprint density at radius 3 is 2.71 bits per heavy atom. The Morgan fingerprint density at radius 1 is 1.33 bits per heavy atom. The van der Waals surface area contributed by atoms with E-state index in [1.807, 2.05) is 30.3 Å². The molecule has 1 aromatic carbocycles. The van der Waals surface area contributed by atoms with Gasteiger partial charge in [0.2, 0.25) is 11.1 Å². The number of aryl methyl sites for hydroxylation is 1. The van der Waals surface area contributed by atoms with Gasteiger partial charge in [0.15, 0.2) is 0 Å². The van der Waals surface area contributed by atoms with Gasteiger partial charge in [-0.2, -0.15) is 4.68 Å². The molecule has 0 radical (unpaired) electrons. The van der Waals surface area contributed by atoms with Gasteiger partial charge in [-0.1, -0.05) is 55.4 Å². The van der Waals surface area contributed by atoms with Gasteiger partial charge in [0.25, 0.3) is 5.56 Å². The largest absolute Gasteiger partial charge is 0.349 e. The molecule has 2 rings (SSSR count). The third kappa shape index (κ3) is 4.58. The maximum Gasteiger partial charge on any atom is 0.294 e. The molecule has 0 aliphatic carbocycles. The number of thioether (sulfide) groups is 1. The van der Waals surface area contributed by atoms with Crippen molar-refractivity contribution in [1.82, 2.24) is 20.2 Å². The summed E-state index contributed by atoms with van der Waals surface area (Å²) in [5.41, 5.74) is 0.878. The van der Waals surface area contributed by atoms with E-state index in [-0.39, 0.29) is 28.6 Å². The van der Waals surface area contributed by atoms with Crippen LogP contribution < -0.4 is 16.7 Å². The Hall–Kier alpha value is -2.35. The third-order valence-corrected chi connectivity index (χ3v) is 4.41. The number of nitrogens with zero attached hydrogens (tertiary/aromatic N) is 3. The topological polar surface area (TPSA) is 103 Å². The summed E-state index contributed by atoms with van der Waals surface area (Å²) in [5.74, 6) is 5.63. The zero-order chi connectivity index (χ0) is 17.5. The maximum absolute atomic E-state index is 12.2. The van der Waals surface area contributed by atoms with Crippen LogP contribution in [0.15, 0.2) is 40.3 Å². The number of aromatic nitrogens is 3. The van der Waals surface area contributed by atoms with E-state index in [0.717, 1.165) is 34.8 Å². The minimum absolute atomic E-state index is 0.0338. The van der Waals surface area contributed by atoms with E-state index in [1.54, 1.807) is 0 Å². The molecule has 1 heterocycles. The number of carbonyl (C=O) groups excluding carboxylic acids is 1. The lowest BCUT2D eigenvalue weighted by Crippen LogP contribution is -2.33. The molecule has 0 fully saturated rings. The summed E-state index contributed by atoms with van der Waals surface area (Å²) in [4.78, 5) is 23.9. The molecule has 0 saturated heterocycles. The minimum atomic E-state index is -0.416. The molecule has 1 atom stereocenters. The second-order valence-electron chi connectivity index (χ2n) is 5.35. The molecule has 128 valence electrons. The van der Waals surface area contributed by atoms with Crippen LogP contribution in [0, 0.1) is 6.92 Å². The molecule has 24 heavy (non-hydrogen) atoms. The van der Waals surface area contributed by atoms with Crippen molar-refractivity contribution in [2.75, 3.05) is 11.6 Å². The normalized spacial score (nSPS) is 11.9. The zero-order valence-corrected chi connectivity index (χ0v) is 14.5. The first-order chi connectivity index (χ1) is 11.5. The molecular weight excluding hydrogens is 326 g/mol. The Kier molecular flexibility index (Phi) is 6.36. The average Bonchev–Trinajstić information content (AvgIpc) is 2.59. The minimum Gasteiger partial charge on any atom is -0.349 e. The highest BCUT2D eigenvalue weighted by molar-refractivity contribution is 7.99. The number of nitrogens with two attached hydrogens (primary N) is 1. The third-order valence-electron chi connectivity index (χ3n) is 3.47. The number of benzene rings is 1. The average molecular weight is 347 g/mol. The van der Waals surface area contributed by atoms with E-state index in [1.165, 1.54) is 6.92 Å². The lowest BCUT2D eigenvalue weighted by molar-refractivity contribution is -0.119. The predicted molar refractivity (Wildman–Crippen MR) is 94.1 cm³/mol. The first kappa shape index (κ1) is 18.0. The Bertz CT molecular complexity index is 748. The monoisotopic (exact) mass is 347 g/mol. The quantitative estimate of drug-likeness (QED) is 0.580. The number of carbonyl (C=O) groups is 1. The fraction of sp³-hybridized carbons (Fsp3) is 0.375. The second kappa shape index (κ2) is 8.49. The Balaban J connectivity index is 1.99. The van der Waals surface area contributed by atoms with E-state index in [9.17, 15) is 9.59 Å². The summed E-state index contributed by atoms with van der Waals surface area (Å²) in [7, 11) is 0. The smallest absolute Gasteiger partial charge is 0.294 e. The second-order valence-corrected chi connectivity index (χ2v) is 6.29. The van der Waals surface area contributed by atoms with Crippen molar-refractivity contribution in [3.8, 4) is 0 Å². The van der Waals surface area contributed by atoms with Crippen LogP contribution in [0.4, 0.5) is 0 Å². The van der Waals surface area contributed by atoms with E-state index in [0.29, 0.717) is 0 Å². The molecule has 2 aromatic rings. The molecule has 1 aromatic heterocycles. The molecule has 1 amide bonds. The molecule has 3 N–H and O–H groups in total. The zero-order valence-electron chi connectivity index (χ0n) is 13.7. The summed E-state index contributed by atoms with van der Waals surface area (Å²) in [6, 6.07) is 9.81. The van der Waals surface area contributed by atoms with Gasteiger partial charge in [-0.05, 0) is 18.9 Å². The molecule has 7 nitrogen and oxygen atoms in total. The van der Waals surface area contributed by atoms with Crippen molar-refractivity contribution in [1.29, 1.82) is 0 Å². The van der Waals surface area contributed by atoms with Crippen molar-refractivity contribution in [3.63, 3.8) is 0 Å². The van der Waals surface area contributed by atoms with Crippen LogP contribution in [0.25, 0.3) is 0 Å². The Morgan fingerprint density at radius 2 is 2.04 bits per heavy atom. The van der Waals surface area contributed by atoms with Crippen molar-refractivity contribution < 1.29 is 4.79 Å². The van der Waals surface area contributed by atoms with Gasteiger partial charge in [0, 0.05) is 0 Å². The van der Waals surface area contributed by atoms with Crippen LogP contribution in [-0.4, -0.2) is 26.5 Å². The fourth-order valence-electron chi connectivity index (χ4n) is 2.23. The number of nitrogen functional groups attached to an aromatic ring is 1. The van der Waals surface area contributed by atoms with Gasteiger partial charge >= 0.3 is 0 Å². The summed E-state index contributed by atoms with van der Waals surface area (Å²) in [6.07, 6.45) is 1.81. The van der Waals surface area contributed by atoms with Crippen LogP contribution >= 0.6 is 11.8 Å². The number of hydrogen-bond donors (Lipinski definition) is 2. The van der Waals surface area contributed by atoms with Crippen LogP contribution in [0.5, 0.6) is 0 Å².